The number of hydrogen-bond donors (Lipinski definition) is 2. The summed E-state index contributed by atoms with van der Waals surface area (Å²) in [5, 5.41) is 2.25. The van der Waals surface area contributed by atoms with E-state index in [9.17, 15) is 18.8 Å². The maximum Gasteiger partial charge on any atom is 0.357 e. The Kier molecular flexibility index (Phi) is 3.99. The van der Waals surface area contributed by atoms with Crippen LogP contribution in [-0.2, 0) is 0 Å². The van der Waals surface area contributed by atoms with E-state index in [0.717, 1.165) is 0 Å². The molecule has 9 heteroatoms. The van der Waals surface area contributed by atoms with Crippen molar-refractivity contribution in [1.82, 2.24) is 9.55 Å². The van der Waals surface area contributed by atoms with Crippen molar-refractivity contribution in [3.63, 3.8) is 0 Å². The number of amides is 2. The van der Waals surface area contributed by atoms with Crippen molar-refractivity contribution in [3.05, 3.63) is 57.3 Å². The summed E-state index contributed by atoms with van der Waals surface area (Å²) in [6, 6.07) is 4.89. The van der Waals surface area contributed by atoms with Crippen molar-refractivity contribution in [2.24, 2.45) is 5.73 Å². The average molecular weight is 311 g/mol. The first-order valence-electron chi connectivity index (χ1n) is 5.55. The molecule has 2 aromatic rings. The first-order valence-corrected chi connectivity index (χ1v) is 5.93. The molecule has 0 saturated carbocycles. The van der Waals surface area contributed by atoms with Crippen LogP contribution in [0.2, 0.25) is 5.02 Å². The van der Waals surface area contributed by atoms with Gasteiger partial charge in [-0.15, -0.1) is 0 Å². The summed E-state index contributed by atoms with van der Waals surface area (Å²) < 4.78 is 14.0. The van der Waals surface area contributed by atoms with Crippen LogP contribution in [-0.4, -0.2) is 21.5 Å². The van der Waals surface area contributed by atoms with Crippen molar-refractivity contribution in [2.75, 3.05) is 5.32 Å². The van der Waals surface area contributed by atoms with Gasteiger partial charge in [0.1, 0.15) is 0 Å². The second-order valence-electron chi connectivity index (χ2n) is 3.86. The van der Waals surface area contributed by atoms with Crippen LogP contribution in [0.25, 0.3) is 0 Å². The van der Waals surface area contributed by atoms with Crippen LogP contribution < -0.4 is 16.7 Å². The van der Waals surface area contributed by atoms with Crippen molar-refractivity contribution in [2.45, 2.75) is 0 Å². The van der Waals surface area contributed by atoms with E-state index in [-0.39, 0.29) is 15.2 Å². The molecule has 0 fully saturated rings. The topological polar surface area (TPSA) is 107 Å². The van der Waals surface area contributed by atoms with E-state index < -0.39 is 29.3 Å². The predicted octanol–water partition coefficient (Wildman–Crippen LogP) is 1.21. The molecule has 0 spiro atoms. The Labute approximate surface area is 122 Å². The molecule has 0 aliphatic carbocycles. The third kappa shape index (κ3) is 3.06. The number of halogens is 2. The lowest BCUT2D eigenvalue weighted by molar-refractivity contribution is 0.102. The van der Waals surface area contributed by atoms with Crippen LogP contribution in [0.1, 0.15) is 10.4 Å². The molecule has 0 saturated heterocycles. The SMILES string of the molecule is NC(=O)n1cc(F)c(NC(=O)c2ccccc2Cl)nc1=O. The van der Waals surface area contributed by atoms with E-state index in [0.29, 0.717) is 6.20 Å². The zero-order valence-corrected chi connectivity index (χ0v) is 11.1. The van der Waals surface area contributed by atoms with Crippen molar-refractivity contribution in [3.8, 4) is 0 Å². The Hall–Kier alpha value is -2.74. The molecular weight excluding hydrogens is 303 g/mol. The lowest BCUT2D eigenvalue weighted by atomic mass is 10.2. The third-order valence-corrected chi connectivity index (χ3v) is 2.80. The van der Waals surface area contributed by atoms with Gasteiger partial charge in [0.25, 0.3) is 5.91 Å². The molecule has 3 N–H and O–H groups in total. The number of aromatic nitrogens is 2. The van der Waals surface area contributed by atoms with E-state index in [1.165, 1.54) is 12.1 Å². The standard InChI is InChI=1S/C12H8ClFN4O3/c13-7-4-2-1-3-6(7)10(19)16-9-8(14)5-18(11(15)20)12(21)17-9/h1-5H,(H2,15,20)(H,16,17,19,21). The average Bonchev–Trinajstić information content (AvgIpc) is 2.42. The first-order chi connectivity index (χ1) is 9.90. The fourth-order valence-corrected chi connectivity index (χ4v) is 1.72. The Bertz CT molecular complexity index is 790. The van der Waals surface area contributed by atoms with E-state index in [2.05, 4.69) is 10.3 Å². The molecule has 2 rings (SSSR count). The second-order valence-corrected chi connectivity index (χ2v) is 4.27. The number of hydrogen-bond acceptors (Lipinski definition) is 4. The summed E-state index contributed by atoms with van der Waals surface area (Å²) in [7, 11) is 0. The zero-order valence-electron chi connectivity index (χ0n) is 10.3. The largest absolute Gasteiger partial charge is 0.357 e. The van der Waals surface area contributed by atoms with Crippen LogP contribution in [0.15, 0.2) is 35.3 Å². The van der Waals surface area contributed by atoms with Crippen LogP contribution in [0.4, 0.5) is 15.0 Å². The molecule has 0 atom stereocenters. The Morgan fingerprint density at radius 3 is 2.62 bits per heavy atom. The van der Waals surface area contributed by atoms with Gasteiger partial charge in [-0.2, -0.15) is 4.98 Å². The normalized spacial score (nSPS) is 10.2. The van der Waals surface area contributed by atoms with Gasteiger partial charge in [-0.3, -0.25) is 4.79 Å². The Morgan fingerprint density at radius 2 is 2.00 bits per heavy atom. The Morgan fingerprint density at radius 1 is 1.33 bits per heavy atom. The molecule has 21 heavy (non-hydrogen) atoms. The van der Waals surface area contributed by atoms with Gasteiger partial charge in [0.2, 0.25) is 0 Å². The molecule has 1 aromatic carbocycles. The van der Waals surface area contributed by atoms with Gasteiger partial charge < -0.3 is 11.1 Å². The first kappa shape index (κ1) is 14.7. The van der Waals surface area contributed by atoms with E-state index >= 15 is 0 Å². The molecule has 0 aliphatic rings. The maximum atomic E-state index is 13.7. The maximum absolute atomic E-state index is 13.7. The highest BCUT2D eigenvalue weighted by Crippen LogP contribution is 2.17. The minimum atomic E-state index is -1.18. The third-order valence-electron chi connectivity index (χ3n) is 2.47. The molecule has 0 bridgehead atoms. The zero-order chi connectivity index (χ0) is 15.6. The smallest absolute Gasteiger partial charge is 0.351 e. The van der Waals surface area contributed by atoms with Gasteiger partial charge in [-0.25, -0.2) is 18.5 Å². The minimum absolute atomic E-state index is 0.0828. The highest BCUT2D eigenvalue weighted by Gasteiger charge is 2.16. The molecule has 2 amide bonds. The number of anilines is 1. The molecule has 1 heterocycles. The highest BCUT2D eigenvalue weighted by molar-refractivity contribution is 6.34. The number of rotatable bonds is 2. The molecular formula is C12H8ClFN4O3. The summed E-state index contributed by atoms with van der Waals surface area (Å²) in [5.74, 6) is -2.46. The molecule has 1 aromatic heterocycles. The lowest BCUT2D eigenvalue weighted by Gasteiger charge is -2.07. The molecule has 0 aliphatic heterocycles. The van der Waals surface area contributed by atoms with Crippen LogP contribution in [0.5, 0.6) is 0 Å². The van der Waals surface area contributed by atoms with E-state index in [1.807, 2.05) is 0 Å². The molecule has 0 radical (unpaired) electrons. The molecule has 7 nitrogen and oxygen atoms in total. The molecule has 0 unspecified atom stereocenters. The van der Waals surface area contributed by atoms with Gasteiger partial charge in [0.05, 0.1) is 16.8 Å². The fourth-order valence-electron chi connectivity index (χ4n) is 1.50. The number of carbonyl (C=O) groups is 2. The van der Waals surface area contributed by atoms with Gasteiger partial charge in [-0.1, -0.05) is 23.7 Å². The number of nitrogens with one attached hydrogen (secondary N) is 1. The fraction of sp³-hybridized carbons (Fsp3) is 0. The monoisotopic (exact) mass is 310 g/mol. The molecule has 108 valence electrons. The second kappa shape index (κ2) is 5.71. The summed E-state index contributed by atoms with van der Waals surface area (Å²) in [5.41, 5.74) is 3.83. The van der Waals surface area contributed by atoms with E-state index in [1.54, 1.807) is 12.1 Å². The number of benzene rings is 1. The van der Waals surface area contributed by atoms with Gasteiger partial charge in [0, 0.05) is 0 Å². The van der Waals surface area contributed by atoms with E-state index in [4.69, 9.17) is 17.3 Å². The minimum Gasteiger partial charge on any atom is -0.351 e. The summed E-state index contributed by atoms with van der Waals surface area (Å²) in [6.07, 6.45) is 0.542. The summed E-state index contributed by atoms with van der Waals surface area (Å²) in [6.45, 7) is 0. The van der Waals surface area contributed by atoms with Crippen molar-refractivity contribution >= 4 is 29.4 Å². The van der Waals surface area contributed by atoms with Gasteiger partial charge in [-0.05, 0) is 12.1 Å². The summed E-state index contributed by atoms with van der Waals surface area (Å²) in [4.78, 5) is 37.4. The summed E-state index contributed by atoms with van der Waals surface area (Å²) >= 11 is 5.82. The van der Waals surface area contributed by atoms with Gasteiger partial charge >= 0.3 is 11.7 Å². The van der Waals surface area contributed by atoms with Crippen LogP contribution in [0.3, 0.4) is 0 Å². The number of nitrogens with two attached hydrogens (primary N) is 1. The predicted molar refractivity (Wildman–Crippen MR) is 72.8 cm³/mol. The van der Waals surface area contributed by atoms with Crippen molar-refractivity contribution < 1.29 is 14.0 Å². The van der Waals surface area contributed by atoms with Gasteiger partial charge in [0.15, 0.2) is 11.6 Å². The van der Waals surface area contributed by atoms with Crippen LogP contribution >= 0.6 is 11.6 Å². The quantitative estimate of drug-likeness (QED) is 0.869. The Balaban J connectivity index is 2.35. The number of carbonyl (C=O) groups excluding carboxylic acids is 2. The highest BCUT2D eigenvalue weighted by atomic mass is 35.5. The lowest BCUT2D eigenvalue weighted by Crippen LogP contribution is -2.34. The van der Waals surface area contributed by atoms with Crippen LogP contribution in [0, 0.1) is 5.82 Å². The number of nitrogens with zero attached hydrogens (tertiary/aromatic N) is 2. The number of primary amides is 1. The van der Waals surface area contributed by atoms with Crippen molar-refractivity contribution in [1.29, 1.82) is 0 Å².